The lowest BCUT2D eigenvalue weighted by atomic mass is 10.1. The van der Waals surface area contributed by atoms with Crippen molar-refractivity contribution in [3.8, 4) is 0 Å². The van der Waals surface area contributed by atoms with Crippen LogP contribution in [0.25, 0.3) is 10.9 Å². The van der Waals surface area contributed by atoms with Crippen LogP contribution >= 0.6 is 0 Å². The zero-order chi connectivity index (χ0) is 20.5. The van der Waals surface area contributed by atoms with Crippen LogP contribution < -0.4 is 5.56 Å². The normalized spacial score (nSPS) is 12.2. The number of nitrogens with one attached hydrogen (secondary N) is 1. The Morgan fingerprint density at radius 1 is 0.964 bits per heavy atom. The highest BCUT2D eigenvalue weighted by Gasteiger charge is 2.26. The Balaban J connectivity index is 2.02. The van der Waals surface area contributed by atoms with Crippen LogP contribution in [0.2, 0.25) is 0 Å². The zero-order valence-electron chi connectivity index (χ0n) is 16.7. The average molecular weight is 399 g/mol. The number of rotatable bonds is 6. The molecule has 148 valence electrons. The molecule has 0 atom stereocenters. The van der Waals surface area contributed by atoms with Gasteiger partial charge in [0.05, 0.1) is 4.90 Å². The highest BCUT2D eigenvalue weighted by molar-refractivity contribution is 7.89. The van der Waals surface area contributed by atoms with Crippen molar-refractivity contribution in [3.63, 3.8) is 0 Å². The van der Waals surface area contributed by atoms with Gasteiger partial charge in [0.15, 0.2) is 0 Å². The largest absolute Gasteiger partial charge is 0.322 e. The third-order valence-corrected chi connectivity index (χ3v) is 6.48. The molecule has 0 radical (unpaired) electrons. The number of fused-ring (bicyclic) bond motifs is 1. The molecule has 5 nitrogen and oxygen atoms in total. The zero-order valence-corrected chi connectivity index (χ0v) is 17.5. The Labute approximate surface area is 166 Å². The fourth-order valence-corrected chi connectivity index (χ4v) is 4.76. The predicted molar refractivity (Wildman–Crippen MR) is 113 cm³/mol. The summed E-state index contributed by atoms with van der Waals surface area (Å²) in [5.41, 5.74) is 2.99. The van der Waals surface area contributed by atoms with Crippen LogP contribution in [0, 0.1) is 19.8 Å². The van der Waals surface area contributed by atoms with Gasteiger partial charge in [0, 0.05) is 24.2 Å². The first-order valence-electron chi connectivity index (χ1n) is 9.36. The molecule has 1 heterocycles. The summed E-state index contributed by atoms with van der Waals surface area (Å²) in [6.07, 6.45) is 0. The molecule has 3 aromatic rings. The molecule has 0 saturated carbocycles. The number of sulfonamides is 1. The van der Waals surface area contributed by atoms with E-state index in [0.717, 1.165) is 22.0 Å². The number of aryl methyl sites for hydroxylation is 2. The van der Waals surface area contributed by atoms with E-state index < -0.39 is 10.0 Å². The lowest BCUT2D eigenvalue weighted by molar-refractivity contribution is 0.361. The molecule has 0 fully saturated rings. The monoisotopic (exact) mass is 398 g/mol. The quantitative estimate of drug-likeness (QED) is 0.682. The van der Waals surface area contributed by atoms with Crippen molar-refractivity contribution in [3.05, 3.63) is 75.6 Å². The first kappa shape index (κ1) is 20.3. The van der Waals surface area contributed by atoms with Crippen LogP contribution in [0.1, 0.15) is 30.5 Å². The highest BCUT2D eigenvalue weighted by Crippen LogP contribution is 2.21. The summed E-state index contributed by atoms with van der Waals surface area (Å²) < 4.78 is 27.8. The molecule has 0 bridgehead atoms. The van der Waals surface area contributed by atoms with Crippen LogP contribution in [0.3, 0.4) is 0 Å². The molecule has 0 aliphatic carbocycles. The molecule has 3 rings (SSSR count). The summed E-state index contributed by atoms with van der Waals surface area (Å²) in [5, 5.41) is 0.887. The second-order valence-corrected chi connectivity index (χ2v) is 9.66. The van der Waals surface area contributed by atoms with Crippen molar-refractivity contribution >= 4 is 20.9 Å². The van der Waals surface area contributed by atoms with Crippen molar-refractivity contribution in [1.29, 1.82) is 0 Å². The average Bonchev–Trinajstić information content (AvgIpc) is 2.62. The summed E-state index contributed by atoms with van der Waals surface area (Å²) in [5.74, 6) is 0.127. The Hall–Kier alpha value is -2.44. The van der Waals surface area contributed by atoms with Crippen molar-refractivity contribution in [2.75, 3.05) is 6.54 Å². The van der Waals surface area contributed by atoms with Gasteiger partial charge in [-0.2, -0.15) is 4.31 Å². The van der Waals surface area contributed by atoms with E-state index in [2.05, 4.69) is 4.98 Å². The lowest BCUT2D eigenvalue weighted by Gasteiger charge is -2.24. The van der Waals surface area contributed by atoms with Gasteiger partial charge in [0.1, 0.15) is 0 Å². The number of nitrogens with zero attached hydrogens (tertiary/aromatic N) is 1. The molecule has 0 aliphatic heterocycles. The molecule has 0 saturated heterocycles. The fourth-order valence-electron chi connectivity index (χ4n) is 3.18. The maximum absolute atomic E-state index is 13.2. The number of aromatic nitrogens is 1. The van der Waals surface area contributed by atoms with E-state index in [4.69, 9.17) is 0 Å². The number of aromatic amines is 1. The van der Waals surface area contributed by atoms with Crippen LogP contribution in [0.5, 0.6) is 0 Å². The topological polar surface area (TPSA) is 70.2 Å². The van der Waals surface area contributed by atoms with E-state index in [0.29, 0.717) is 12.1 Å². The second kappa shape index (κ2) is 7.89. The Morgan fingerprint density at radius 2 is 1.61 bits per heavy atom. The molecule has 0 spiro atoms. The Kier molecular flexibility index (Phi) is 5.72. The SMILES string of the molecule is Cc1ccc(S(=O)(=O)N(Cc2cc3ccc(C)cc3[nH]c2=O)CC(C)C)cc1. The minimum Gasteiger partial charge on any atom is -0.322 e. The van der Waals surface area contributed by atoms with Crippen LogP contribution in [0.15, 0.2) is 58.2 Å². The molecule has 0 unspecified atom stereocenters. The van der Waals surface area contributed by atoms with Gasteiger partial charge in [0.25, 0.3) is 5.56 Å². The molecule has 1 N–H and O–H groups in total. The van der Waals surface area contributed by atoms with Crippen LogP contribution in [-0.4, -0.2) is 24.3 Å². The third kappa shape index (κ3) is 4.34. The Bertz CT molecular complexity index is 1150. The summed E-state index contributed by atoms with van der Waals surface area (Å²) in [6, 6.07) is 14.4. The summed E-state index contributed by atoms with van der Waals surface area (Å²) in [7, 11) is -3.71. The maximum Gasteiger partial charge on any atom is 0.252 e. The van der Waals surface area contributed by atoms with E-state index in [-0.39, 0.29) is 22.9 Å². The molecule has 28 heavy (non-hydrogen) atoms. The van der Waals surface area contributed by atoms with Crippen LogP contribution in [0.4, 0.5) is 0 Å². The first-order chi connectivity index (χ1) is 13.2. The summed E-state index contributed by atoms with van der Waals surface area (Å²) in [6.45, 7) is 8.17. The van der Waals surface area contributed by atoms with E-state index in [1.165, 1.54) is 4.31 Å². The molecule has 2 aromatic carbocycles. The number of benzene rings is 2. The molecular weight excluding hydrogens is 372 g/mol. The summed E-state index contributed by atoms with van der Waals surface area (Å²) in [4.78, 5) is 15.7. The van der Waals surface area contributed by atoms with E-state index in [1.807, 2.05) is 45.9 Å². The van der Waals surface area contributed by atoms with E-state index >= 15 is 0 Å². The van der Waals surface area contributed by atoms with E-state index in [9.17, 15) is 13.2 Å². The van der Waals surface area contributed by atoms with Gasteiger partial charge in [-0.25, -0.2) is 8.42 Å². The van der Waals surface area contributed by atoms with Gasteiger partial charge in [-0.1, -0.05) is 43.7 Å². The van der Waals surface area contributed by atoms with Crippen molar-refractivity contribution in [1.82, 2.24) is 9.29 Å². The summed E-state index contributed by atoms with van der Waals surface area (Å²) >= 11 is 0. The van der Waals surface area contributed by atoms with Gasteiger partial charge in [-0.3, -0.25) is 4.79 Å². The lowest BCUT2D eigenvalue weighted by Crippen LogP contribution is -2.35. The standard InChI is InChI=1S/C22H26N2O3S/c1-15(2)13-24(28(26,27)20-9-6-16(3)7-10-20)14-19-12-18-8-5-17(4)11-21(18)23-22(19)25/h5-12,15H,13-14H2,1-4H3,(H,23,25). The van der Waals surface area contributed by atoms with Gasteiger partial charge < -0.3 is 4.98 Å². The minimum absolute atomic E-state index is 0.0353. The smallest absolute Gasteiger partial charge is 0.252 e. The van der Waals surface area contributed by atoms with Crippen molar-refractivity contribution in [2.24, 2.45) is 5.92 Å². The minimum atomic E-state index is -3.71. The molecule has 0 amide bonds. The first-order valence-corrected chi connectivity index (χ1v) is 10.8. The maximum atomic E-state index is 13.2. The predicted octanol–water partition coefficient (Wildman–Crippen LogP) is 3.99. The molecule has 0 aliphatic rings. The van der Waals surface area contributed by atoms with Gasteiger partial charge in [-0.15, -0.1) is 0 Å². The number of hydrogen-bond donors (Lipinski definition) is 1. The number of hydrogen-bond acceptors (Lipinski definition) is 3. The second-order valence-electron chi connectivity index (χ2n) is 7.72. The Morgan fingerprint density at radius 3 is 2.25 bits per heavy atom. The van der Waals surface area contributed by atoms with Crippen molar-refractivity contribution in [2.45, 2.75) is 39.1 Å². The van der Waals surface area contributed by atoms with Crippen LogP contribution in [-0.2, 0) is 16.6 Å². The van der Waals surface area contributed by atoms with Gasteiger partial charge >= 0.3 is 0 Å². The highest BCUT2D eigenvalue weighted by atomic mass is 32.2. The fraction of sp³-hybridized carbons (Fsp3) is 0.318. The third-order valence-electron chi connectivity index (χ3n) is 4.65. The molecular formula is C22H26N2O3S. The van der Waals surface area contributed by atoms with E-state index in [1.54, 1.807) is 30.3 Å². The number of pyridine rings is 1. The van der Waals surface area contributed by atoms with Crippen molar-refractivity contribution < 1.29 is 8.42 Å². The van der Waals surface area contributed by atoms with Gasteiger partial charge in [-0.05, 0) is 55.0 Å². The number of H-pyrrole nitrogens is 1. The van der Waals surface area contributed by atoms with Gasteiger partial charge in [0.2, 0.25) is 10.0 Å². The molecule has 1 aromatic heterocycles. The molecule has 6 heteroatoms.